The van der Waals surface area contributed by atoms with Crippen LogP contribution in [-0.2, 0) is 0 Å². The van der Waals surface area contributed by atoms with Crippen LogP contribution in [-0.4, -0.2) is 23.8 Å². The molecule has 0 bridgehead atoms. The molecule has 0 radical (unpaired) electrons. The minimum atomic E-state index is -0.292. The lowest BCUT2D eigenvalue weighted by Gasteiger charge is -2.19. The van der Waals surface area contributed by atoms with Crippen LogP contribution < -0.4 is 10.6 Å². The molecule has 17 heavy (non-hydrogen) atoms. The summed E-state index contributed by atoms with van der Waals surface area (Å²) in [6.45, 7) is 3.76. The van der Waals surface area contributed by atoms with Gasteiger partial charge >= 0.3 is 6.03 Å². The van der Waals surface area contributed by atoms with Crippen LogP contribution in [0.4, 0.5) is 10.5 Å². The topological polar surface area (TPSA) is 61.4 Å². The zero-order valence-electron chi connectivity index (χ0n) is 9.90. The highest BCUT2D eigenvalue weighted by atomic mass is 35.5. The number of hydrogen-bond donors (Lipinski definition) is 3. The van der Waals surface area contributed by atoms with Crippen molar-refractivity contribution < 1.29 is 9.90 Å². The number of rotatable bonds is 4. The number of carbonyl (C=O) groups is 1. The molecule has 0 heterocycles. The number of benzene rings is 1. The van der Waals surface area contributed by atoms with Gasteiger partial charge < -0.3 is 15.7 Å². The molecule has 0 saturated heterocycles. The maximum absolute atomic E-state index is 11.6. The summed E-state index contributed by atoms with van der Waals surface area (Å²) in [5.41, 5.74) is 0.677. The molecule has 0 aliphatic rings. The fourth-order valence-electron chi connectivity index (χ4n) is 1.21. The van der Waals surface area contributed by atoms with E-state index in [1.165, 1.54) is 0 Å². The first-order valence-corrected chi connectivity index (χ1v) is 5.84. The Balaban J connectivity index is 2.47. The van der Waals surface area contributed by atoms with Crippen molar-refractivity contribution in [3.8, 4) is 0 Å². The van der Waals surface area contributed by atoms with Crippen LogP contribution in [0.25, 0.3) is 0 Å². The molecule has 0 aliphatic heterocycles. The Labute approximate surface area is 106 Å². The van der Waals surface area contributed by atoms with Gasteiger partial charge in [-0.05, 0) is 37.1 Å². The van der Waals surface area contributed by atoms with Crippen molar-refractivity contribution in [3.05, 3.63) is 29.3 Å². The third-order valence-electron chi connectivity index (χ3n) is 2.60. The molecule has 1 rings (SSSR count). The van der Waals surface area contributed by atoms with Crippen LogP contribution in [0, 0.1) is 5.92 Å². The van der Waals surface area contributed by atoms with Gasteiger partial charge in [0.05, 0.1) is 0 Å². The largest absolute Gasteiger partial charge is 0.396 e. The van der Waals surface area contributed by atoms with Gasteiger partial charge in [-0.15, -0.1) is 0 Å². The molecule has 1 aromatic rings. The molecule has 0 aromatic heterocycles. The van der Waals surface area contributed by atoms with Gasteiger partial charge in [0.1, 0.15) is 0 Å². The van der Waals surface area contributed by atoms with E-state index in [1.54, 1.807) is 24.3 Å². The van der Waals surface area contributed by atoms with E-state index in [9.17, 15) is 4.79 Å². The number of halogens is 1. The fraction of sp³-hybridized carbons (Fsp3) is 0.417. The number of carbonyl (C=O) groups excluding carboxylic acids is 1. The predicted molar refractivity (Wildman–Crippen MR) is 69.3 cm³/mol. The smallest absolute Gasteiger partial charge is 0.319 e. The summed E-state index contributed by atoms with van der Waals surface area (Å²) in [6.07, 6.45) is 0. The normalized spacial score (nSPS) is 13.9. The predicted octanol–water partition coefficient (Wildman–Crippen LogP) is 2.48. The maximum Gasteiger partial charge on any atom is 0.319 e. The average molecular weight is 257 g/mol. The Morgan fingerprint density at radius 1 is 1.35 bits per heavy atom. The van der Waals surface area contributed by atoms with Crippen LogP contribution >= 0.6 is 11.6 Å². The van der Waals surface area contributed by atoms with E-state index in [0.717, 1.165) is 0 Å². The molecule has 2 atom stereocenters. The molecule has 94 valence electrons. The number of amides is 2. The first-order valence-electron chi connectivity index (χ1n) is 5.47. The van der Waals surface area contributed by atoms with Gasteiger partial charge in [-0.2, -0.15) is 0 Å². The molecule has 5 heteroatoms. The quantitative estimate of drug-likeness (QED) is 0.775. The van der Waals surface area contributed by atoms with Crippen molar-refractivity contribution in [1.29, 1.82) is 0 Å². The van der Waals surface area contributed by atoms with E-state index in [-0.39, 0.29) is 24.6 Å². The van der Waals surface area contributed by atoms with Crippen molar-refractivity contribution in [2.75, 3.05) is 11.9 Å². The van der Waals surface area contributed by atoms with Crippen molar-refractivity contribution in [1.82, 2.24) is 5.32 Å². The van der Waals surface area contributed by atoms with Gasteiger partial charge in [-0.25, -0.2) is 4.79 Å². The lowest BCUT2D eigenvalue weighted by Crippen LogP contribution is -2.40. The summed E-state index contributed by atoms with van der Waals surface area (Å²) >= 11 is 5.74. The number of hydrogen-bond acceptors (Lipinski definition) is 2. The minimum absolute atomic E-state index is 0.0194. The van der Waals surface area contributed by atoms with Crippen molar-refractivity contribution in [2.45, 2.75) is 19.9 Å². The molecule has 2 unspecified atom stereocenters. The minimum Gasteiger partial charge on any atom is -0.396 e. The molecule has 0 saturated carbocycles. The fourth-order valence-corrected chi connectivity index (χ4v) is 1.33. The monoisotopic (exact) mass is 256 g/mol. The van der Waals surface area contributed by atoms with Gasteiger partial charge in [0.25, 0.3) is 0 Å². The zero-order valence-corrected chi connectivity index (χ0v) is 10.7. The van der Waals surface area contributed by atoms with Gasteiger partial charge in [0.2, 0.25) is 0 Å². The second-order valence-electron chi connectivity index (χ2n) is 4.05. The maximum atomic E-state index is 11.6. The van der Waals surface area contributed by atoms with E-state index in [1.807, 2.05) is 13.8 Å². The molecule has 2 amide bonds. The van der Waals surface area contributed by atoms with Crippen molar-refractivity contribution in [3.63, 3.8) is 0 Å². The summed E-state index contributed by atoms with van der Waals surface area (Å²) in [6, 6.07) is 6.48. The SMILES string of the molecule is CC(CO)C(C)NC(=O)Nc1ccc(Cl)cc1. The lowest BCUT2D eigenvalue weighted by molar-refractivity contribution is 0.204. The van der Waals surface area contributed by atoms with Gasteiger partial charge in [0, 0.05) is 23.4 Å². The Hall–Kier alpha value is -1.26. The third kappa shape index (κ3) is 4.63. The van der Waals surface area contributed by atoms with E-state index < -0.39 is 0 Å². The number of aliphatic hydroxyl groups excluding tert-OH is 1. The van der Waals surface area contributed by atoms with Crippen LogP contribution in [0.5, 0.6) is 0 Å². The molecule has 3 N–H and O–H groups in total. The first kappa shape index (κ1) is 13.8. The Kier molecular flexibility index (Phi) is 5.25. The van der Waals surface area contributed by atoms with Gasteiger partial charge in [-0.3, -0.25) is 0 Å². The molecule has 1 aromatic carbocycles. The van der Waals surface area contributed by atoms with Crippen molar-refractivity contribution in [2.24, 2.45) is 5.92 Å². The van der Waals surface area contributed by atoms with Crippen LogP contribution in [0.1, 0.15) is 13.8 Å². The van der Waals surface area contributed by atoms with Crippen LogP contribution in [0.2, 0.25) is 5.02 Å². The Morgan fingerprint density at radius 2 is 1.94 bits per heavy atom. The highest BCUT2D eigenvalue weighted by molar-refractivity contribution is 6.30. The van der Waals surface area contributed by atoms with Gasteiger partial charge in [0.15, 0.2) is 0 Å². The molecular formula is C12H17ClN2O2. The summed E-state index contributed by atoms with van der Waals surface area (Å²) < 4.78 is 0. The molecule has 0 fully saturated rings. The van der Waals surface area contributed by atoms with E-state index in [4.69, 9.17) is 16.7 Å². The first-order chi connectivity index (χ1) is 8.02. The summed E-state index contributed by atoms with van der Waals surface area (Å²) in [5.74, 6) is 0.0194. The number of nitrogens with one attached hydrogen (secondary N) is 2. The highest BCUT2D eigenvalue weighted by Crippen LogP contribution is 2.13. The number of urea groups is 1. The number of aliphatic hydroxyl groups is 1. The standard InChI is InChI=1S/C12H17ClN2O2/c1-8(7-16)9(2)14-12(17)15-11-5-3-10(13)4-6-11/h3-6,8-9,16H,7H2,1-2H3,(H2,14,15,17). The lowest BCUT2D eigenvalue weighted by atomic mass is 10.1. The Bertz CT molecular complexity index is 367. The van der Waals surface area contributed by atoms with E-state index in [2.05, 4.69) is 10.6 Å². The van der Waals surface area contributed by atoms with E-state index in [0.29, 0.717) is 10.7 Å². The third-order valence-corrected chi connectivity index (χ3v) is 2.85. The highest BCUT2D eigenvalue weighted by Gasteiger charge is 2.13. The summed E-state index contributed by atoms with van der Waals surface area (Å²) in [4.78, 5) is 11.6. The second kappa shape index (κ2) is 6.47. The second-order valence-corrected chi connectivity index (χ2v) is 4.49. The summed E-state index contributed by atoms with van der Waals surface area (Å²) in [5, 5.41) is 15.0. The summed E-state index contributed by atoms with van der Waals surface area (Å²) in [7, 11) is 0. The molecule has 4 nitrogen and oxygen atoms in total. The number of anilines is 1. The molecule has 0 spiro atoms. The van der Waals surface area contributed by atoms with Crippen LogP contribution in [0.3, 0.4) is 0 Å². The van der Waals surface area contributed by atoms with Crippen LogP contribution in [0.15, 0.2) is 24.3 Å². The average Bonchev–Trinajstić information content (AvgIpc) is 2.30. The van der Waals surface area contributed by atoms with Gasteiger partial charge in [-0.1, -0.05) is 18.5 Å². The molecular weight excluding hydrogens is 240 g/mol. The molecule has 0 aliphatic carbocycles. The zero-order chi connectivity index (χ0) is 12.8. The van der Waals surface area contributed by atoms with Crippen molar-refractivity contribution >= 4 is 23.3 Å². The van der Waals surface area contributed by atoms with E-state index >= 15 is 0 Å². The Morgan fingerprint density at radius 3 is 2.47 bits per heavy atom.